The first kappa shape index (κ1) is 25.1. The third kappa shape index (κ3) is 5.02. The molecule has 1 aliphatic carbocycles. The number of hydrogen-bond acceptors (Lipinski definition) is 4. The number of carbonyl (C=O) groups is 2. The van der Waals surface area contributed by atoms with Crippen LogP contribution in [0.25, 0.3) is 0 Å². The van der Waals surface area contributed by atoms with Gasteiger partial charge in [0.1, 0.15) is 16.2 Å². The van der Waals surface area contributed by atoms with Gasteiger partial charge in [-0.05, 0) is 54.1 Å². The summed E-state index contributed by atoms with van der Waals surface area (Å²) in [6, 6.07) is 14.8. The van der Waals surface area contributed by atoms with Gasteiger partial charge in [0.15, 0.2) is 0 Å². The van der Waals surface area contributed by atoms with E-state index in [-0.39, 0.29) is 32.5 Å². The van der Waals surface area contributed by atoms with Gasteiger partial charge in [0.2, 0.25) is 5.91 Å². The number of anilines is 3. The summed E-state index contributed by atoms with van der Waals surface area (Å²) in [4.78, 5) is 25.7. The molecule has 35 heavy (non-hydrogen) atoms. The predicted octanol–water partition coefficient (Wildman–Crippen LogP) is 6.36. The molecule has 0 aromatic heterocycles. The normalized spacial score (nSPS) is 17.8. The zero-order valence-corrected chi connectivity index (χ0v) is 20.6. The first-order valence-corrected chi connectivity index (χ1v) is 11.6. The molecular weight excluding hydrogens is 537 g/mol. The number of amides is 2. The molecule has 178 valence electrons. The minimum absolute atomic E-state index is 0.0838. The van der Waals surface area contributed by atoms with Gasteiger partial charge in [-0.25, -0.2) is 4.39 Å². The van der Waals surface area contributed by atoms with Gasteiger partial charge < -0.3 is 16.4 Å². The smallest absolute Gasteiger partial charge is 0.257 e. The SMILES string of the molecule is N#Cc1cc(NC(=O)c2cc(NC(=O)[C@H]3[C@H](c4ccc(F)c(Cl)c4)C3(Cl)Cl)ccc2Cl)ccc1N. The number of rotatable bonds is 5. The molecule has 6 nitrogen and oxygen atoms in total. The molecule has 1 fully saturated rings. The fraction of sp³-hybridized carbons (Fsp3) is 0.125. The number of nitrogens with two attached hydrogens (primary N) is 1. The Morgan fingerprint density at radius 1 is 0.971 bits per heavy atom. The van der Waals surface area contributed by atoms with E-state index in [2.05, 4.69) is 10.6 Å². The molecule has 0 spiro atoms. The van der Waals surface area contributed by atoms with Crippen molar-refractivity contribution in [2.24, 2.45) is 5.92 Å². The first-order valence-electron chi connectivity index (χ1n) is 10.1. The number of benzene rings is 3. The average Bonchev–Trinajstić information content (AvgIpc) is 3.40. The van der Waals surface area contributed by atoms with Crippen molar-refractivity contribution in [2.75, 3.05) is 16.4 Å². The highest BCUT2D eigenvalue weighted by Crippen LogP contribution is 2.65. The minimum Gasteiger partial charge on any atom is -0.398 e. The predicted molar refractivity (Wildman–Crippen MR) is 136 cm³/mol. The Labute approximate surface area is 219 Å². The molecule has 0 bridgehead atoms. The Morgan fingerprint density at radius 3 is 2.34 bits per heavy atom. The van der Waals surface area contributed by atoms with Gasteiger partial charge in [-0.15, -0.1) is 23.2 Å². The maximum absolute atomic E-state index is 13.5. The van der Waals surface area contributed by atoms with Crippen LogP contribution in [0.15, 0.2) is 54.6 Å². The van der Waals surface area contributed by atoms with Crippen molar-refractivity contribution >= 4 is 75.3 Å². The number of carbonyl (C=O) groups excluding carboxylic acids is 2. The quantitative estimate of drug-likeness (QED) is 0.253. The van der Waals surface area contributed by atoms with Crippen LogP contribution >= 0.6 is 46.4 Å². The molecule has 2 amide bonds. The van der Waals surface area contributed by atoms with Crippen molar-refractivity contribution < 1.29 is 14.0 Å². The number of hydrogen-bond donors (Lipinski definition) is 3. The van der Waals surface area contributed by atoms with Crippen LogP contribution in [0.5, 0.6) is 0 Å². The molecule has 1 saturated carbocycles. The van der Waals surface area contributed by atoms with E-state index in [1.165, 1.54) is 48.5 Å². The van der Waals surface area contributed by atoms with E-state index in [0.717, 1.165) is 0 Å². The Hall–Kier alpha value is -3.02. The third-order valence-electron chi connectivity index (χ3n) is 5.55. The van der Waals surface area contributed by atoms with Crippen molar-refractivity contribution in [2.45, 2.75) is 10.3 Å². The van der Waals surface area contributed by atoms with Crippen molar-refractivity contribution in [3.63, 3.8) is 0 Å². The van der Waals surface area contributed by atoms with E-state index >= 15 is 0 Å². The summed E-state index contributed by atoms with van der Waals surface area (Å²) in [5, 5.41) is 14.5. The molecule has 0 unspecified atom stereocenters. The highest BCUT2D eigenvalue weighted by molar-refractivity contribution is 6.53. The van der Waals surface area contributed by atoms with Gasteiger partial charge in [-0.3, -0.25) is 9.59 Å². The zero-order valence-electron chi connectivity index (χ0n) is 17.6. The van der Waals surface area contributed by atoms with Crippen LogP contribution in [0.2, 0.25) is 10.0 Å². The number of nitrogen functional groups attached to an aromatic ring is 1. The second-order valence-corrected chi connectivity index (χ2v) is 10.1. The maximum Gasteiger partial charge on any atom is 0.257 e. The molecule has 1 aliphatic rings. The summed E-state index contributed by atoms with van der Waals surface area (Å²) < 4.78 is 12.1. The Bertz CT molecular complexity index is 1410. The Balaban J connectivity index is 1.51. The van der Waals surface area contributed by atoms with Crippen molar-refractivity contribution in [3.8, 4) is 6.07 Å². The molecule has 3 aromatic rings. The number of nitriles is 1. The van der Waals surface area contributed by atoms with E-state index < -0.39 is 33.8 Å². The second kappa shape index (κ2) is 9.56. The van der Waals surface area contributed by atoms with Crippen LogP contribution in [-0.2, 0) is 4.79 Å². The summed E-state index contributed by atoms with van der Waals surface area (Å²) in [5.74, 6) is -3.08. The molecular formula is C24H15Cl4FN4O2. The van der Waals surface area contributed by atoms with Crippen LogP contribution in [0.1, 0.15) is 27.4 Å². The van der Waals surface area contributed by atoms with Crippen molar-refractivity contribution in [1.82, 2.24) is 0 Å². The average molecular weight is 552 g/mol. The molecule has 4 rings (SSSR count). The summed E-state index contributed by atoms with van der Waals surface area (Å²) in [6.07, 6.45) is 0. The van der Waals surface area contributed by atoms with E-state index in [4.69, 9.17) is 57.4 Å². The largest absolute Gasteiger partial charge is 0.398 e. The first-order chi connectivity index (χ1) is 16.5. The molecule has 0 heterocycles. The van der Waals surface area contributed by atoms with E-state index in [0.29, 0.717) is 11.3 Å². The van der Waals surface area contributed by atoms with Crippen LogP contribution < -0.4 is 16.4 Å². The van der Waals surface area contributed by atoms with Gasteiger partial charge in [0.25, 0.3) is 5.91 Å². The Morgan fingerprint density at radius 2 is 1.66 bits per heavy atom. The van der Waals surface area contributed by atoms with Crippen LogP contribution in [0, 0.1) is 23.1 Å². The molecule has 0 radical (unpaired) electrons. The summed E-state index contributed by atoms with van der Waals surface area (Å²) in [7, 11) is 0. The molecule has 3 aromatic carbocycles. The topological polar surface area (TPSA) is 108 Å². The van der Waals surface area contributed by atoms with Gasteiger partial charge >= 0.3 is 0 Å². The highest BCUT2D eigenvalue weighted by atomic mass is 35.5. The van der Waals surface area contributed by atoms with Crippen LogP contribution in [0.4, 0.5) is 21.5 Å². The highest BCUT2D eigenvalue weighted by Gasteiger charge is 2.67. The van der Waals surface area contributed by atoms with Gasteiger partial charge in [-0.2, -0.15) is 5.26 Å². The second-order valence-electron chi connectivity index (χ2n) is 7.86. The number of halogens is 5. The number of alkyl halides is 2. The molecule has 11 heteroatoms. The summed E-state index contributed by atoms with van der Waals surface area (Å²) >= 11 is 24.7. The summed E-state index contributed by atoms with van der Waals surface area (Å²) in [6.45, 7) is 0. The third-order valence-corrected chi connectivity index (χ3v) is 7.11. The Kier molecular flexibility index (Phi) is 6.85. The standard InChI is InChI=1S/C24H15Cl4FN4O2/c25-16-4-2-14(9-15(16)22(34)32-13-3-6-19(31)12(7-13)10-30)33-23(35)21-20(24(21,27)28)11-1-5-18(29)17(26)8-11/h1-9,20-21H,31H2,(H,32,34)(H,33,35)/t20-,21+/m0/s1. The van der Waals surface area contributed by atoms with Crippen LogP contribution in [-0.4, -0.2) is 16.1 Å². The molecule has 0 saturated heterocycles. The van der Waals surface area contributed by atoms with Gasteiger partial charge in [0.05, 0.1) is 27.1 Å². The zero-order chi connectivity index (χ0) is 25.5. The van der Waals surface area contributed by atoms with E-state index in [1.54, 1.807) is 6.07 Å². The maximum atomic E-state index is 13.5. The molecule has 0 aliphatic heterocycles. The van der Waals surface area contributed by atoms with Crippen molar-refractivity contribution in [1.29, 1.82) is 5.26 Å². The monoisotopic (exact) mass is 550 g/mol. The fourth-order valence-electron chi connectivity index (χ4n) is 3.70. The lowest BCUT2D eigenvalue weighted by Gasteiger charge is -2.11. The number of nitrogens with zero attached hydrogens (tertiary/aromatic N) is 1. The fourth-order valence-corrected chi connectivity index (χ4v) is 4.92. The number of nitrogens with one attached hydrogen (secondary N) is 2. The van der Waals surface area contributed by atoms with Crippen LogP contribution in [0.3, 0.4) is 0 Å². The minimum atomic E-state index is -1.41. The molecule has 4 N–H and O–H groups in total. The lowest BCUT2D eigenvalue weighted by atomic mass is 10.1. The van der Waals surface area contributed by atoms with Gasteiger partial charge in [-0.1, -0.05) is 29.3 Å². The molecule has 2 atom stereocenters. The van der Waals surface area contributed by atoms with Gasteiger partial charge in [0, 0.05) is 23.0 Å². The summed E-state index contributed by atoms with van der Waals surface area (Å²) in [5.41, 5.74) is 7.43. The van der Waals surface area contributed by atoms with Crippen molar-refractivity contribution in [3.05, 3.63) is 87.2 Å². The lowest BCUT2D eigenvalue weighted by molar-refractivity contribution is -0.117. The lowest BCUT2D eigenvalue weighted by Crippen LogP contribution is -2.18. The van der Waals surface area contributed by atoms with E-state index in [9.17, 15) is 14.0 Å². The van der Waals surface area contributed by atoms with E-state index in [1.807, 2.05) is 6.07 Å².